The number of pyridine rings is 1. The molecule has 0 aliphatic heterocycles. The molecule has 8 heteroatoms. The standard InChI is InChI=1S/C11H12N4O3S/c1-6(2)15-10(18)13-14-11(15)19-8-3-4-12-5-7(8)9(16)17/h3-6H,1-2H3,(H,13,18)(H,16,17). The van der Waals surface area contributed by atoms with Crippen molar-refractivity contribution in [1.82, 2.24) is 19.7 Å². The average molecular weight is 280 g/mol. The SMILES string of the molecule is CC(C)n1c(Sc2ccncc2C(=O)O)n[nH]c1=O. The molecule has 2 aromatic rings. The minimum Gasteiger partial charge on any atom is -0.478 e. The maximum atomic E-state index is 11.6. The maximum absolute atomic E-state index is 11.6. The Kier molecular flexibility index (Phi) is 3.70. The molecule has 0 saturated heterocycles. The van der Waals surface area contributed by atoms with Crippen molar-refractivity contribution < 1.29 is 9.90 Å². The molecular weight excluding hydrogens is 268 g/mol. The first-order valence-electron chi connectivity index (χ1n) is 5.52. The van der Waals surface area contributed by atoms with E-state index in [-0.39, 0.29) is 17.3 Å². The third kappa shape index (κ3) is 2.68. The fourth-order valence-corrected chi connectivity index (χ4v) is 2.61. The molecule has 0 bridgehead atoms. The van der Waals surface area contributed by atoms with Gasteiger partial charge in [-0.25, -0.2) is 14.7 Å². The number of carbonyl (C=O) groups is 1. The topological polar surface area (TPSA) is 101 Å². The third-order valence-corrected chi connectivity index (χ3v) is 3.45. The Labute approximate surface area is 112 Å². The second-order valence-electron chi connectivity index (χ2n) is 4.05. The molecule has 0 fully saturated rings. The van der Waals surface area contributed by atoms with Gasteiger partial charge in [0.1, 0.15) is 0 Å². The van der Waals surface area contributed by atoms with E-state index < -0.39 is 5.97 Å². The van der Waals surface area contributed by atoms with Crippen molar-refractivity contribution in [2.45, 2.75) is 29.9 Å². The average Bonchev–Trinajstić information content (AvgIpc) is 2.71. The van der Waals surface area contributed by atoms with Gasteiger partial charge < -0.3 is 5.11 Å². The van der Waals surface area contributed by atoms with E-state index in [1.54, 1.807) is 6.07 Å². The highest BCUT2D eigenvalue weighted by molar-refractivity contribution is 7.99. The number of aromatic carboxylic acids is 1. The summed E-state index contributed by atoms with van der Waals surface area (Å²) in [6.07, 6.45) is 2.77. The van der Waals surface area contributed by atoms with E-state index in [1.165, 1.54) is 17.0 Å². The molecule has 0 atom stereocenters. The van der Waals surface area contributed by atoms with Gasteiger partial charge in [0, 0.05) is 23.3 Å². The van der Waals surface area contributed by atoms with Gasteiger partial charge in [0.15, 0.2) is 5.16 Å². The number of aromatic amines is 1. The monoisotopic (exact) mass is 280 g/mol. The first-order valence-corrected chi connectivity index (χ1v) is 6.34. The Balaban J connectivity index is 2.43. The van der Waals surface area contributed by atoms with E-state index >= 15 is 0 Å². The summed E-state index contributed by atoms with van der Waals surface area (Å²) in [6.45, 7) is 3.71. The molecule has 0 unspecified atom stereocenters. The summed E-state index contributed by atoms with van der Waals surface area (Å²) in [6, 6.07) is 1.52. The molecule has 0 spiro atoms. The van der Waals surface area contributed by atoms with Crippen molar-refractivity contribution in [3.63, 3.8) is 0 Å². The van der Waals surface area contributed by atoms with Gasteiger partial charge in [-0.2, -0.15) is 0 Å². The number of carboxylic acid groups (broad SMARTS) is 1. The van der Waals surface area contributed by atoms with Crippen LogP contribution in [0.1, 0.15) is 30.2 Å². The highest BCUT2D eigenvalue weighted by Crippen LogP contribution is 2.28. The van der Waals surface area contributed by atoms with Gasteiger partial charge in [0.05, 0.1) is 5.56 Å². The molecule has 0 aliphatic carbocycles. The van der Waals surface area contributed by atoms with E-state index in [9.17, 15) is 9.59 Å². The van der Waals surface area contributed by atoms with Crippen LogP contribution in [0.15, 0.2) is 33.3 Å². The lowest BCUT2D eigenvalue weighted by Gasteiger charge is -2.09. The first-order chi connectivity index (χ1) is 9.00. The Bertz CT molecular complexity index is 662. The molecule has 100 valence electrons. The quantitative estimate of drug-likeness (QED) is 0.877. The zero-order valence-corrected chi connectivity index (χ0v) is 11.1. The Morgan fingerprint density at radius 2 is 2.26 bits per heavy atom. The van der Waals surface area contributed by atoms with E-state index in [1.807, 2.05) is 13.8 Å². The minimum atomic E-state index is -1.07. The van der Waals surface area contributed by atoms with Crippen LogP contribution in [0.25, 0.3) is 0 Å². The second-order valence-corrected chi connectivity index (χ2v) is 5.06. The normalized spacial score (nSPS) is 10.9. The smallest absolute Gasteiger partial charge is 0.344 e. The molecule has 2 heterocycles. The van der Waals surface area contributed by atoms with Crippen LogP contribution in [0.3, 0.4) is 0 Å². The number of H-pyrrole nitrogens is 1. The highest BCUT2D eigenvalue weighted by atomic mass is 32.2. The third-order valence-electron chi connectivity index (χ3n) is 2.40. The minimum absolute atomic E-state index is 0.0659. The molecular formula is C11H12N4O3S. The molecule has 19 heavy (non-hydrogen) atoms. The maximum Gasteiger partial charge on any atom is 0.344 e. The molecule has 2 aromatic heterocycles. The fourth-order valence-electron chi connectivity index (χ4n) is 1.55. The molecule has 2 N–H and O–H groups in total. The highest BCUT2D eigenvalue weighted by Gasteiger charge is 2.16. The lowest BCUT2D eigenvalue weighted by Crippen LogP contribution is -2.19. The van der Waals surface area contributed by atoms with E-state index in [4.69, 9.17) is 5.11 Å². The molecule has 0 aliphatic rings. The fraction of sp³-hybridized carbons (Fsp3) is 0.273. The van der Waals surface area contributed by atoms with Crippen molar-refractivity contribution >= 4 is 17.7 Å². The second kappa shape index (κ2) is 5.27. The van der Waals surface area contributed by atoms with E-state index in [0.717, 1.165) is 11.8 Å². The summed E-state index contributed by atoms with van der Waals surface area (Å²) >= 11 is 1.12. The molecule has 0 amide bonds. The van der Waals surface area contributed by atoms with Crippen LogP contribution in [-0.4, -0.2) is 30.8 Å². The lowest BCUT2D eigenvalue weighted by atomic mass is 10.3. The van der Waals surface area contributed by atoms with Crippen molar-refractivity contribution in [2.75, 3.05) is 0 Å². The molecule has 7 nitrogen and oxygen atoms in total. The summed E-state index contributed by atoms with van der Waals surface area (Å²) in [5.41, 5.74) is -0.235. The van der Waals surface area contributed by atoms with Crippen LogP contribution < -0.4 is 5.69 Å². The Morgan fingerprint density at radius 3 is 2.89 bits per heavy atom. The molecule has 0 saturated carbocycles. The summed E-state index contributed by atoms with van der Waals surface area (Å²) < 4.78 is 1.47. The molecule has 2 rings (SSSR count). The van der Waals surface area contributed by atoms with E-state index in [0.29, 0.717) is 10.1 Å². The number of aromatic nitrogens is 4. The van der Waals surface area contributed by atoms with Crippen LogP contribution in [0.5, 0.6) is 0 Å². The Morgan fingerprint density at radius 1 is 1.53 bits per heavy atom. The largest absolute Gasteiger partial charge is 0.478 e. The number of hydrogen-bond acceptors (Lipinski definition) is 5. The van der Waals surface area contributed by atoms with Crippen LogP contribution in [-0.2, 0) is 0 Å². The zero-order chi connectivity index (χ0) is 14.0. The van der Waals surface area contributed by atoms with Crippen LogP contribution in [0.4, 0.5) is 0 Å². The van der Waals surface area contributed by atoms with Crippen LogP contribution in [0.2, 0.25) is 0 Å². The number of nitrogens with zero attached hydrogens (tertiary/aromatic N) is 3. The first kappa shape index (κ1) is 13.3. The molecule has 0 aromatic carbocycles. The Hall–Kier alpha value is -2.09. The summed E-state index contributed by atoms with van der Waals surface area (Å²) in [5.74, 6) is -1.07. The van der Waals surface area contributed by atoms with Gasteiger partial charge in [-0.05, 0) is 31.7 Å². The number of hydrogen-bond donors (Lipinski definition) is 2. The van der Waals surface area contributed by atoms with Gasteiger partial charge in [-0.1, -0.05) is 0 Å². The predicted molar refractivity (Wildman–Crippen MR) is 68.6 cm³/mol. The summed E-state index contributed by atoms with van der Waals surface area (Å²) in [5, 5.41) is 15.8. The van der Waals surface area contributed by atoms with Gasteiger partial charge >= 0.3 is 11.7 Å². The van der Waals surface area contributed by atoms with Gasteiger partial charge in [-0.3, -0.25) is 9.55 Å². The van der Waals surface area contributed by atoms with Crippen molar-refractivity contribution in [3.8, 4) is 0 Å². The number of nitrogens with one attached hydrogen (secondary N) is 1. The van der Waals surface area contributed by atoms with Gasteiger partial charge in [0.25, 0.3) is 0 Å². The van der Waals surface area contributed by atoms with Crippen molar-refractivity contribution in [2.24, 2.45) is 0 Å². The molecule has 0 radical (unpaired) electrons. The predicted octanol–water partition coefficient (Wildman–Crippen LogP) is 1.40. The van der Waals surface area contributed by atoms with Crippen molar-refractivity contribution in [3.05, 3.63) is 34.5 Å². The van der Waals surface area contributed by atoms with E-state index in [2.05, 4.69) is 15.2 Å². The summed E-state index contributed by atoms with van der Waals surface area (Å²) in [4.78, 5) is 26.9. The number of carboxylic acids is 1. The zero-order valence-electron chi connectivity index (χ0n) is 10.3. The van der Waals surface area contributed by atoms with Crippen LogP contribution in [0, 0.1) is 0 Å². The van der Waals surface area contributed by atoms with Crippen molar-refractivity contribution in [1.29, 1.82) is 0 Å². The van der Waals surface area contributed by atoms with Gasteiger partial charge in [-0.15, -0.1) is 5.10 Å². The number of rotatable bonds is 4. The van der Waals surface area contributed by atoms with Crippen LogP contribution >= 0.6 is 11.8 Å². The lowest BCUT2D eigenvalue weighted by molar-refractivity contribution is 0.0692. The summed E-state index contributed by atoms with van der Waals surface area (Å²) in [7, 11) is 0. The van der Waals surface area contributed by atoms with Gasteiger partial charge in [0.2, 0.25) is 0 Å².